The molecule has 0 spiro atoms. The number of hydrogen-bond acceptors (Lipinski definition) is 4. The molecule has 104 valence electrons. The highest BCUT2D eigenvalue weighted by atomic mass is 32.1. The zero-order valence-corrected chi connectivity index (χ0v) is 12.1. The van der Waals surface area contributed by atoms with Crippen LogP contribution in [0.1, 0.15) is 21.6 Å². The normalized spacial score (nSPS) is 10.4. The lowest BCUT2D eigenvalue weighted by Crippen LogP contribution is -2.09. The number of halogens is 1. The Kier molecular flexibility index (Phi) is 3.94. The lowest BCUT2D eigenvalue weighted by atomic mass is 10.1. The number of carbonyl (C=O) groups is 1. The second kappa shape index (κ2) is 5.50. The number of H-pyrrole nitrogens is 1. The van der Waals surface area contributed by atoms with Gasteiger partial charge >= 0.3 is 5.97 Å². The van der Waals surface area contributed by atoms with E-state index in [0.29, 0.717) is 11.3 Å². The molecular formula is C14H13FN2O2S. The molecule has 0 radical (unpaired) electrons. The van der Waals surface area contributed by atoms with Crippen molar-refractivity contribution in [2.75, 3.05) is 7.11 Å². The molecule has 0 aliphatic heterocycles. The first kappa shape index (κ1) is 14.3. The Hall–Kier alpha value is -2.08. The highest BCUT2D eigenvalue weighted by Gasteiger charge is 2.16. The number of benzene rings is 1. The fourth-order valence-electron chi connectivity index (χ4n) is 1.87. The van der Waals surface area contributed by atoms with Gasteiger partial charge in [-0.3, -0.25) is 0 Å². The van der Waals surface area contributed by atoms with Crippen molar-refractivity contribution in [3.05, 3.63) is 45.5 Å². The number of ether oxygens (including phenoxy) is 1. The molecule has 2 rings (SSSR count). The Bertz CT molecular complexity index is 740. The number of esters is 1. The van der Waals surface area contributed by atoms with E-state index in [-0.39, 0.29) is 16.0 Å². The number of rotatable bonds is 2. The summed E-state index contributed by atoms with van der Waals surface area (Å²) in [6.45, 7) is 3.47. The molecule has 1 heterocycles. The van der Waals surface area contributed by atoms with Gasteiger partial charge < -0.3 is 9.72 Å². The van der Waals surface area contributed by atoms with Crippen LogP contribution in [-0.2, 0) is 4.74 Å². The summed E-state index contributed by atoms with van der Waals surface area (Å²) < 4.78 is 18.7. The van der Waals surface area contributed by atoms with Gasteiger partial charge in [-0.25, -0.2) is 14.2 Å². The molecule has 0 unspecified atom stereocenters. The Labute approximate surface area is 120 Å². The fraction of sp³-hybridized carbons (Fsp3) is 0.214. The molecule has 1 aromatic heterocycles. The first-order chi connectivity index (χ1) is 9.43. The minimum Gasteiger partial charge on any atom is -0.465 e. The van der Waals surface area contributed by atoms with Crippen molar-refractivity contribution in [2.45, 2.75) is 13.8 Å². The maximum Gasteiger partial charge on any atom is 0.342 e. The van der Waals surface area contributed by atoms with E-state index >= 15 is 0 Å². The molecule has 0 saturated carbocycles. The van der Waals surface area contributed by atoms with Crippen LogP contribution in [0.2, 0.25) is 0 Å². The SMILES string of the molecule is COC(=O)c1c(C)[nH]c(-c2ccc(C)cc2F)nc1=S. The number of nitrogens with zero attached hydrogens (tertiary/aromatic N) is 1. The van der Waals surface area contributed by atoms with Gasteiger partial charge in [0.15, 0.2) is 0 Å². The lowest BCUT2D eigenvalue weighted by molar-refractivity contribution is 0.0598. The Morgan fingerprint density at radius 2 is 2.10 bits per heavy atom. The minimum atomic E-state index is -0.563. The van der Waals surface area contributed by atoms with Crippen molar-refractivity contribution in [3.63, 3.8) is 0 Å². The van der Waals surface area contributed by atoms with Gasteiger partial charge in [0.2, 0.25) is 0 Å². The molecule has 0 aliphatic carbocycles. The van der Waals surface area contributed by atoms with E-state index in [1.54, 1.807) is 26.0 Å². The van der Waals surface area contributed by atoms with E-state index in [2.05, 4.69) is 14.7 Å². The van der Waals surface area contributed by atoms with Gasteiger partial charge in [-0.1, -0.05) is 18.3 Å². The Morgan fingerprint density at radius 3 is 2.65 bits per heavy atom. The van der Waals surface area contributed by atoms with Crippen molar-refractivity contribution >= 4 is 18.2 Å². The number of methoxy groups -OCH3 is 1. The predicted molar refractivity (Wildman–Crippen MR) is 75.6 cm³/mol. The molecule has 4 nitrogen and oxygen atoms in total. The summed E-state index contributed by atoms with van der Waals surface area (Å²) in [5.74, 6) is -0.668. The molecule has 2 aromatic rings. The second-order valence-corrected chi connectivity index (χ2v) is 4.75. The first-order valence-electron chi connectivity index (χ1n) is 5.89. The van der Waals surface area contributed by atoms with Gasteiger partial charge in [-0.05, 0) is 31.5 Å². The second-order valence-electron chi connectivity index (χ2n) is 4.37. The summed E-state index contributed by atoms with van der Waals surface area (Å²) in [7, 11) is 1.27. The number of aryl methyl sites for hydroxylation is 2. The van der Waals surface area contributed by atoms with Gasteiger partial charge in [-0.15, -0.1) is 0 Å². The van der Waals surface area contributed by atoms with Crippen LogP contribution in [0, 0.1) is 24.3 Å². The topological polar surface area (TPSA) is 55.0 Å². The summed E-state index contributed by atoms with van der Waals surface area (Å²) in [6.07, 6.45) is 0. The summed E-state index contributed by atoms with van der Waals surface area (Å²) in [6, 6.07) is 4.81. The highest BCUT2D eigenvalue weighted by Crippen LogP contribution is 2.21. The van der Waals surface area contributed by atoms with Crippen molar-refractivity contribution in [1.82, 2.24) is 9.97 Å². The number of hydrogen-bond donors (Lipinski definition) is 1. The summed E-state index contributed by atoms with van der Waals surface area (Å²) in [5, 5.41) is 0. The average Bonchev–Trinajstić information content (AvgIpc) is 2.37. The van der Waals surface area contributed by atoms with Crippen LogP contribution >= 0.6 is 12.2 Å². The van der Waals surface area contributed by atoms with E-state index in [0.717, 1.165) is 5.56 Å². The summed E-state index contributed by atoms with van der Waals surface area (Å²) in [4.78, 5) is 18.6. The van der Waals surface area contributed by atoms with Gasteiger partial charge in [0, 0.05) is 5.69 Å². The van der Waals surface area contributed by atoms with Crippen molar-refractivity contribution < 1.29 is 13.9 Å². The van der Waals surface area contributed by atoms with Crippen LogP contribution in [0.3, 0.4) is 0 Å². The van der Waals surface area contributed by atoms with Gasteiger partial charge in [-0.2, -0.15) is 0 Å². The average molecular weight is 292 g/mol. The molecule has 0 saturated heterocycles. The van der Waals surface area contributed by atoms with Gasteiger partial charge in [0.05, 0.1) is 12.7 Å². The van der Waals surface area contributed by atoms with E-state index in [1.165, 1.54) is 13.2 Å². The highest BCUT2D eigenvalue weighted by molar-refractivity contribution is 7.71. The smallest absolute Gasteiger partial charge is 0.342 e. The first-order valence-corrected chi connectivity index (χ1v) is 6.30. The van der Waals surface area contributed by atoms with Crippen molar-refractivity contribution in [3.8, 4) is 11.4 Å². The largest absolute Gasteiger partial charge is 0.465 e. The van der Waals surface area contributed by atoms with Crippen LogP contribution < -0.4 is 0 Å². The third kappa shape index (κ3) is 2.60. The molecule has 0 atom stereocenters. The Balaban J connectivity index is 2.61. The zero-order chi connectivity index (χ0) is 14.9. The summed E-state index contributed by atoms with van der Waals surface area (Å²) >= 11 is 5.08. The van der Waals surface area contributed by atoms with Gasteiger partial charge in [0.25, 0.3) is 0 Å². The van der Waals surface area contributed by atoms with Crippen LogP contribution in [-0.4, -0.2) is 23.0 Å². The number of aromatic nitrogens is 2. The molecule has 0 fully saturated rings. The van der Waals surface area contributed by atoms with E-state index < -0.39 is 11.8 Å². The fourth-order valence-corrected chi connectivity index (χ4v) is 2.20. The standard InChI is InChI=1S/C14H13FN2O2S/c1-7-4-5-9(10(15)6-7)12-16-8(2)11(13(20)17-12)14(18)19-3/h4-6H,1-3H3,(H,16,17,20). The van der Waals surface area contributed by atoms with Crippen LogP contribution in [0.25, 0.3) is 11.4 Å². The molecule has 0 amide bonds. The predicted octanol–water partition coefficient (Wildman–Crippen LogP) is 3.35. The molecule has 1 N–H and O–H groups in total. The van der Waals surface area contributed by atoms with Crippen molar-refractivity contribution in [2.24, 2.45) is 0 Å². The zero-order valence-electron chi connectivity index (χ0n) is 11.3. The van der Waals surface area contributed by atoms with Crippen molar-refractivity contribution in [1.29, 1.82) is 0 Å². The number of carbonyl (C=O) groups excluding carboxylic acids is 1. The number of aromatic amines is 1. The Morgan fingerprint density at radius 1 is 1.40 bits per heavy atom. The quantitative estimate of drug-likeness (QED) is 0.681. The maximum atomic E-state index is 13.9. The third-order valence-corrected chi connectivity index (χ3v) is 3.17. The number of nitrogens with one attached hydrogen (secondary N) is 1. The molecule has 6 heteroatoms. The maximum absolute atomic E-state index is 13.9. The molecule has 0 bridgehead atoms. The molecular weight excluding hydrogens is 279 g/mol. The van der Waals surface area contributed by atoms with Crippen LogP contribution in [0.15, 0.2) is 18.2 Å². The molecule has 1 aromatic carbocycles. The van der Waals surface area contributed by atoms with Crippen LogP contribution in [0.5, 0.6) is 0 Å². The van der Waals surface area contributed by atoms with E-state index in [9.17, 15) is 9.18 Å². The van der Waals surface area contributed by atoms with E-state index in [4.69, 9.17) is 12.2 Å². The van der Waals surface area contributed by atoms with Gasteiger partial charge in [0.1, 0.15) is 21.8 Å². The van der Waals surface area contributed by atoms with E-state index in [1.807, 2.05) is 0 Å². The lowest BCUT2D eigenvalue weighted by Gasteiger charge is -2.08. The van der Waals surface area contributed by atoms with Crippen LogP contribution in [0.4, 0.5) is 4.39 Å². The minimum absolute atomic E-state index is 0.0862. The molecule has 20 heavy (non-hydrogen) atoms. The summed E-state index contributed by atoms with van der Waals surface area (Å²) in [5.41, 5.74) is 1.81. The molecule has 0 aliphatic rings. The monoisotopic (exact) mass is 292 g/mol. The third-order valence-electron chi connectivity index (χ3n) is 2.88.